The Morgan fingerprint density at radius 2 is 0.870 bits per heavy atom. The predicted octanol–water partition coefficient (Wildman–Crippen LogP) is 14.5. The van der Waals surface area contributed by atoms with Gasteiger partial charge in [-0.25, -0.2) is 0 Å². The van der Waals surface area contributed by atoms with Crippen molar-refractivity contribution in [3.8, 4) is 27.9 Å². The Morgan fingerprint density at radius 1 is 0.333 bits per heavy atom. The van der Waals surface area contributed by atoms with Crippen LogP contribution in [-0.4, -0.2) is 4.57 Å². The van der Waals surface area contributed by atoms with Crippen LogP contribution in [0, 0.1) is 0 Å². The van der Waals surface area contributed by atoms with Gasteiger partial charge in [0.2, 0.25) is 0 Å². The lowest BCUT2D eigenvalue weighted by Crippen LogP contribution is -2.09. The van der Waals surface area contributed by atoms with Crippen molar-refractivity contribution in [2.45, 2.75) is 0 Å². The minimum absolute atomic E-state index is 1.13. The summed E-state index contributed by atoms with van der Waals surface area (Å²) in [6.45, 7) is 0. The second-order valence-corrected chi connectivity index (χ2v) is 14.1. The molecule has 1 heterocycles. The largest absolute Gasteiger partial charge is 0.311 e. The quantitative estimate of drug-likeness (QED) is 0.158. The van der Waals surface area contributed by atoms with E-state index in [1.54, 1.807) is 0 Å². The first kappa shape index (κ1) is 30.5. The summed E-state index contributed by atoms with van der Waals surface area (Å²) in [5, 5.41) is 10.2. The lowest BCUT2D eigenvalue weighted by Gasteiger charge is -2.25. The first-order chi connectivity index (χ1) is 26.8. The Morgan fingerprint density at radius 3 is 1.57 bits per heavy atom. The normalized spacial score (nSPS) is 11.7. The molecule has 11 aromatic rings. The molecule has 1 aromatic heterocycles. The number of nitrogens with zero attached hydrogens (tertiary/aromatic N) is 2. The van der Waals surface area contributed by atoms with Crippen molar-refractivity contribution in [3.63, 3.8) is 0 Å². The van der Waals surface area contributed by atoms with Crippen molar-refractivity contribution in [1.29, 1.82) is 0 Å². The molecule has 2 nitrogen and oxygen atoms in total. The fraction of sp³-hybridized carbons (Fsp3) is 0. The molecular formula is C52H34N2. The van der Waals surface area contributed by atoms with Gasteiger partial charge in [0.1, 0.15) is 0 Å². The van der Waals surface area contributed by atoms with Crippen LogP contribution in [0.15, 0.2) is 206 Å². The molecule has 0 saturated heterocycles. The van der Waals surface area contributed by atoms with Gasteiger partial charge in [-0.3, -0.25) is 0 Å². The van der Waals surface area contributed by atoms with Crippen molar-refractivity contribution in [2.24, 2.45) is 0 Å². The molecule has 252 valence electrons. The van der Waals surface area contributed by atoms with E-state index >= 15 is 0 Å². The fourth-order valence-electron chi connectivity index (χ4n) is 8.67. The van der Waals surface area contributed by atoms with Gasteiger partial charge in [-0.15, -0.1) is 0 Å². The molecule has 0 N–H and O–H groups in total. The summed E-state index contributed by atoms with van der Waals surface area (Å²) in [5.41, 5.74) is 11.9. The van der Waals surface area contributed by atoms with E-state index in [9.17, 15) is 0 Å². The van der Waals surface area contributed by atoms with Crippen molar-refractivity contribution >= 4 is 71.2 Å². The van der Waals surface area contributed by atoms with Gasteiger partial charge in [-0.1, -0.05) is 146 Å². The molecule has 0 fully saturated rings. The van der Waals surface area contributed by atoms with Crippen LogP contribution in [0.4, 0.5) is 17.1 Å². The van der Waals surface area contributed by atoms with Gasteiger partial charge in [0, 0.05) is 38.9 Å². The number of aromatic nitrogens is 1. The first-order valence-corrected chi connectivity index (χ1v) is 18.6. The second-order valence-electron chi connectivity index (χ2n) is 14.1. The minimum Gasteiger partial charge on any atom is -0.311 e. The smallest absolute Gasteiger partial charge is 0.0620 e. The Labute approximate surface area is 313 Å². The molecule has 10 aromatic carbocycles. The van der Waals surface area contributed by atoms with Gasteiger partial charge in [-0.2, -0.15) is 0 Å². The van der Waals surface area contributed by atoms with E-state index in [0.717, 1.165) is 17.1 Å². The molecule has 0 aliphatic heterocycles. The summed E-state index contributed by atoms with van der Waals surface area (Å²) >= 11 is 0. The standard InChI is InChI=1S/C52H34N2/c1-5-13-35(14-6-1)38-25-30-45-48-33-39-26-31-46-44(36-21-27-43(28-22-36)53(40-15-7-2-8-16-40)41-17-9-3-10-18-41)29-23-37-24-32-47(51(39)50(37)46)52(48)54(49(45)34-38)42-19-11-4-12-20-42/h1-34H. The van der Waals surface area contributed by atoms with Crippen LogP contribution in [0.25, 0.3) is 82.1 Å². The van der Waals surface area contributed by atoms with Crippen molar-refractivity contribution in [3.05, 3.63) is 206 Å². The molecule has 0 spiro atoms. The summed E-state index contributed by atoms with van der Waals surface area (Å²) in [7, 11) is 0. The fourth-order valence-corrected chi connectivity index (χ4v) is 8.67. The zero-order chi connectivity index (χ0) is 35.6. The van der Waals surface area contributed by atoms with Crippen LogP contribution >= 0.6 is 0 Å². The summed E-state index contributed by atoms with van der Waals surface area (Å²) < 4.78 is 2.48. The van der Waals surface area contributed by atoms with Crippen LogP contribution < -0.4 is 4.90 Å². The van der Waals surface area contributed by atoms with E-state index in [2.05, 4.69) is 216 Å². The van der Waals surface area contributed by atoms with E-state index in [0.29, 0.717) is 0 Å². The summed E-state index contributed by atoms with van der Waals surface area (Å²) in [5.74, 6) is 0. The molecule has 0 aliphatic rings. The number of rotatable bonds is 6. The monoisotopic (exact) mass is 686 g/mol. The van der Waals surface area contributed by atoms with Crippen molar-refractivity contribution in [2.75, 3.05) is 4.90 Å². The Kier molecular flexibility index (Phi) is 6.90. The number of hydrogen-bond donors (Lipinski definition) is 0. The molecular weight excluding hydrogens is 653 g/mol. The maximum Gasteiger partial charge on any atom is 0.0620 e. The predicted molar refractivity (Wildman–Crippen MR) is 230 cm³/mol. The van der Waals surface area contributed by atoms with Crippen LogP contribution in [0.3, 0.4) is 0 Å². The third kappa shape index (κ3) is 4.74. The molecule has 0 unspecified atom stereocenters. The Hall–Kier alpha value is -7.16. The molecule has 0 radical (unpaired) electrons. The zero-order valence-electron chi connectivity index (χ0n) is 29.5. The number of hydrogen-bond acceptors (Lipinski definition) is 1. The van der Waals surface area contributed by atoms with Gasteiger partial charge >= 0.3 is 0 Å². The third-order valence-electron chi connectivity index (χ3n) is 11.1. The van der Waals surface area contributed by atoms with Crippen LogP contribution in [-0.2, 0) is 0 Å². The minimum atomic E-state index is 1.13. The van der Waals surface area contributed by atoms with Gasteiger partial charge in [-0.05, 0) is 110 Å². The van der Waals surface area contributed by atoms with Gasteiger partial charge in [0.25, 0.3) is 0 Å². The third-order valence-corrected chi connectivity index (χ3v) is 11.1. The van der Waals surface area contributed by atoms with Gasteiger partial charge < -0.3 is 9.47 Å². The van der Waals surface area contributed by atoms with E-state index in [-0.39, 0.29) is 0 Å². The molecule has 54 heavy (non-hydrogen) atoms. The first-order valence-electron chi connectivity index (χ1n) is 18.6. The highest BCUT2D eigenvalue weighted by atomic mass is 15.1. The molecule has 2 heteroatoms. The number of fused-ring (bicyclic) bond motifs is 4. The highest BCUT2D eigenvalue weighted by Gasteiger charge is 2.21. The second kappa shape index (κ2) is 12.2. The molecule has 0 atom stereocenters. The number of anilines is 3. The lowest BCUT2D eigenvalue weighted by molar-refractivity contribution is 1.19. The van der Waals surface area contributed by atoms with Crippen molar-refractivity contribution < 1.29 is 0 Å². The summed E-state index contributed by atoms with van der Waals surface area (Å²) in [6, 6.07) is 75.0. The summed E-state index contributed by atoms with van der Waals surface area (Å²) in [4.78, 5) is 2.31. The SMILES string of the molecule is c1ccc(-c2ccc3c4cc5ccc6c(-c7ccc(N(c8ccccc8)c8ccccc8)cc7)ccc7ccc(c5c76)c4n(-c4ccccc4)c3c2)cc1. The zero-order valence-corrected chi connectivity index (χ0v) is 29.5. The molecule has 0 bridgehead atoms. The van der Waals surface area contributed by atoms with Crippen molar-refractivity contribution in [1.82, 2.24) is 4.57 Å². The number of benzene rings is 10. The lowest BCUT2D eigenvalue weighted by atomic mass is 9.89. The van der Waals surface area contributed by atoms with Crippen LogP contribution in [0.5, 0.6) is 0 Å². The molecule has 11 rings (SSSR count). The number of para-hydroxylation sites is 3. The van der Waals surface area contributed by atoms with E-state index in [1.807, 2.05) is 0 Å². The topological polar surface area (TPSA) is 8.17 Å². The Bertz CT molecular complexity index is 3070. The van der Waals surface area contributed by atoms with Crippen LogP contribution in [0.1, 0.15) is 0 Å². The summed E-state index contributed by atoms with van der Waals surface area (Å²) in [6.07, 6.45) is 0. The van der Waals surface area contributed by atoms with Gasteiger partial charge in [0.05, 0.1) is 11.0 Å². The molecule has 0 aliphatic carbocycles. The van der Waals surface area contributed by atoms with E-state index < -0.39 is 0 Å². The molecule has 0 saturated carbocycles. The highest BCUT2D eigenvalue weighted by molar-refractivity contribution is 6.32. The molecule has 0 amide bonds. The maximum absolute atomic E-state index is 2.48. The van der Waals surface area contributed by atoms with Gasteiger partial charge in [0.15, 0.2) is 0 Å². The average Bonchev–Trinajstić information content (AvgIpc) is 3.58. The Balaban J connectivity index is 1.12. The maximum atomic E-state index is 2.48. The van der Waals surface area contributed by atoms with E-state index in [1.165, 1.54) is 82.1 Å². The van der Waals surface area contributed by atoms with Crippen LogP contribution in [0.2, 0.25) is 0 Å². The average molecular weight is 687 g/mol. The van der Waals surface area contributed by atoms with E-state index in [4.69, 9.17) is 0 Å². The highest BCUT2D eigenvalue weighted by Crippen LogP contribution is 2.46.